The number of carbonyl (C=O) groups is 1. The number of carbonyl (C=O) groups excluding carboxylic acids is 1. The Kier molecular flexibility index (Phi) is 10.6. The molecule has 0 amide bonds. The maximum absolute atomic E-state index is 13.4. The van der Waals surface area contributed by atoms with E-state index in [1.165, 1.54) is 0 Å². The van der Waals surface area contributed by atoms with E-state index < -0.39 is 22.0 Å². The molecule has 15 heteroatoms. The topological polar surface area (TPSA) is 172 Å². The molecule has 1 atom stereocenters. The van der Waals surface area contributed by atoms with E-state index in [1.807, 2.05) is 18.2 Å². The summed E-state index contributed by atoms with van der Waals surface area (Å²) in [6.07, 6.45) is 3.32. The molecule has 2 aromatic heterocycles. The number of nitrogens with zero attached hydrogens (tertiary/aromatic N) is 5. The van der Waals surface area contributed by atoms with Crippen LogP contribution >= 0.6 is 0 Å². The maximum atomic E-state index is 13.4. The molecule has 0 bridgehead atoms. The number of esters is 1. The molecule has 0 spiro atoms. The van der Waals surface area contributed by atoms with Gasteiger partial charge in [-0.3, -0.25) is 14.3 Å². The fraction of sp³-hybridized carbons (Fsp3) is 0.556. The molecule has 3 heterocycles. The predicted octanol–water partition coefficient (Wildman–Crippen LogP) is 2.94. The van der Waals surface area contributed by atoms with Crippen molar-refractivity contribution < 1.29 is 28.4 Å². The minimum absolute atomic E-state index is 0.0630. The second-order valence-electron chi connectivity index (χ2n) is 10.0. The van der Waals surface area contributed by atoms with E-state index in [0.29, 0.717) is 71.5 Å². The van der Waals surface area contributed by atoms with Crippen LogP contribution in [0.15, 0.2) is 27.9 Å². The van der Waals surface area contributed by atoms with Gasteiger partial charge in [0, 0.05) is 26.6 Å². The van der Waals surface area contributed by atoms with Crippen molar-refractivity contribution in [2.24, 2.45) is 13.0 Å². The van der Waals surface area contributed by atoms with E-state index in [2.05, 4.69) is 14.9 Å². The first-order valence-electron chi connectivity index (χ1n) is 14.0. The number of ether oxygens (including phenoxy) is 2. The second kappa shape index (κ2) is 14.4. The van der Waals surface area contributed by atoms with Gasteiger partial charge in [0.1, 0.15) is 28.1 Å². The van der Waals surface area contributed by atoms with Gasteiger partial charge in [0.05, 0.1) is 36.0 Å². The molecule has 4 rings (SSSR count). The number of aryl methyl sites for hydroxylation is 2. The van der Waals surface area contributed by atoms with Crippen LogP contribution < -0.4 is 10.3 Å². The van der Waals surface area contributed by atoms with Gasteiger partial charge in [-0.15, -0.1) is 10.1 Å². The fourth-order valence-electron chi connectivity index (χ4n) is 4.84. The predicted molar refractivity (Wildman–Crippen MR) is 154 cm³/mol. The molecule has 1 fully saturated rings. The number of fused-ring (bicyclic) bond motifs is 1. The number of aromatic nitrogens is 4. The number of nitrogens with one attached hydrogen (secondary N) is 1. The molecular weight excluding hydrogens is 568 g/mol. The first-order valence-corrected chi connectivity index (χ1v) is 15.1. The summed E-state index contributed by atoms with van der Waals surface area (Å²) in [6.45, 7) is 5.72. The molecule has 0 radical (unpaired) electrons. The van der Waals surface area contributed by atoms with Crippen LogP contribution in [-0.2, 0) is 38.8 Å². The monoisotopic (exact) mass is 604 g/mol. The zero-order valence-corrected chi connectivity index (χ0v) is 24.8. The van der Waals surface area contributed by atoms with Crippen LogP contribution in [0.1, 0.15) is 51.6 Å². The lowest BCUT2D eigenvalue weighted by Gasteiger charge is -2.38. The average Bonchev–Trinajstić information content (AvgIpc) is 3.25. The van der Waals surface area contributed by atoms with Gasteiger partial charge >= 0.3 is 5.97 Å². The minimum Gasteiger partial charge on any atom is -0.493 e. The standard InChI is InChI=1S/C27H36N6O8S/c1-4-8-21-24-25(31(3)30-21)27(35)29-26(28-24)20-15-19(11-12-22(20)39-5-2)42(38)32-16-18(17-32)9-6-13-40-23(34)10-7-14-41-33(36)37/h11-12,15,18H,4-10,13-14,16-17H2,1-3H3,(H,28,29,35). The fourth-order valence-corrected chi connectivity index (χ4v) is 6.23. The smallest absolute Gasteiger partial charge is 0.305 e. The normalized spacial score (nSPS) is 14.5. The SMILES string of the molecule is CCCc1nn(C)c2c(=O)[nH]c(-c3cc(S(=O)N4CC(CCCOC(=O)CCCO[N+](=O)[O-])C4)ccc3OCC)nc12. The lowest BCUT2D eigenvalue weighted by molar-refractivity contribution is -0.757. The van der Waals surface area contributed by atoms with Gasteiger partial charge in [-0.25, -0.2) is 13.5 Å². The van der Waals surface area contributed by atoms with E-state index >= 15 is 0 Å². The van der Waals surface area contributed by atoms with Gasteiger partial charge in [0.25, 0.3) is 10.6 Å². The quantitative estimate of drug-likeness (QED) is 0.111. The molecule has 42 heavy (non-hydrogen) atoms. The summed E-state index contributed by atoms with van der Waals surface area (Å²) in [7, 11) is 0.303. The summed E-state index contributed by atoms with van der Waals surface area (Å²) in [6, 6.07) is 5.27. The Balaban J connectivity index is 1.37. The Morgan fingerprint density at radius 2 is 2.02 bits per heavy atom. The molecule has 1 aliphatic heterocycles. The summed E-state index contributed by atoms with van der Waals surface area (Å²) in [5, 5.41) is 13.7. The third-order valence-electron chi connectivity index (χ3n) is 6.86. The van der Waals surface area contributed by atoms with Crippen LogP contribution in [0.5, 0.6) is 5.75 Å². The number of benzene rings is 1. The number of H-pyrrole nitrogens is 1. The van der Waals surface area contributed by atoms with Crippen LogP contribution in [0.2, 0.25) is 0 Å². The molecule has 228 valence electrons. The highest BCUT2D eigenvalue weighted by molar-refractivity contribution is 7.82. The van der Waals surface area contributed by atoms with E-state index in [-0.39, 0.29) is 31.6 Å². The van der Waals surface area contributed by atoms with E-state index in [0.717, 1.165) is 18.5 Å². The van der Waals surface area contributed by atoms with Gasteiger partial charge in [-0.05, 0) is 56.7 Å². The molecule has 0 saturated carbocycles. The molecule has 0 aliphatic carbocycles. The summed E-state index contributed by atoms with van der Waals surface area (Å²) < 4.78 is 27.8. The van der Waals surface area contributed by atoms with Crippen molar-refractivity contribution in [1.29, 1.82) is 0 Å². The van der Waals surface area contributed by atoms with Gasteiger partial charge in [-0.2, -0.15) is 5.10 Å². The molecule has 1 saturated heterocycles. The van der Waals surface area contributed by atoms with Crippen molar-refractivity contribution in [1.82, 2.24) is 24.1 Å². The van der Waals surface area contributed by atoms with Crippen molar-refractivity contribution in [3.05, 3.63) is 44.4 Å². The third kappa shape index (κ3) is 7.50. The molecule has 14 nitrogen and oxygen atoms in total. The van der Waals surface area contributed by atoms with Gasteiger partial charge in [0.2, 0.25) is 0 Å². The highest BCUT2D eigenvalue weighted by Gasteiger charge is 2.31. The highest BCUT2D eigenvalue weighted by Crippen LogP contribution is 2.33. The Labute approximate surface area is 245 Å². The lowest BCUT2D eigenvalue weighted by atomic mass is 9.98. The number of hydrogen-bond donors (Lipinski definition) is 1. The maximum Gasteiger partial charge on any atom is 0.305 e. The van der Waals surface area contributed by atoms with Crippen LogP contribution in [-0.4, -0.2) is 72.2 Å². The van der Waals surface area contributed by atoms with Gasteiger partial charge < -0.3 is 19.3 Å². The number of aromatic amines is 1. The van der Waals surface area contributed by atoms with Gasteiger partial charge in [-0.1, -0.05) is 13.3 Å². The van der Waals surface area contributed by atoms with E-state index in [9.17, 15) is 23.9 Å². The molecule has 1 unspecified atom stereocenters. The summed E-state index contributed by atoms with van der Waals surface area (Å²) in [5.41, 5.74) is 1.96. The average molecular weight is 605 g/mol. The Morgan fingerprint density at radius 3 is 2.74 bits per heavy atom. The van der Waals surface area contributed by atoms with Crippen molar-refractivity contribution in [2.75, 3.05) is 32.9 Å². The minimum atomic E-state index is -1.42. The third-order valence-corrected chi connectivity index (χ3v) is 8.28. The molecule has 3 aromatic rings. The number of rotatable bonds is 16. The van der Waals surface area contributed by atoms with E-state index in [1.54, 1.807) is 29.9 Å². The zero-order chi connectivity index (χ0) is 30.2. The highest BCUT2D eigenvalue weighted by atomic mass is 32.2. The summed E-state index contributed by atoms with van der Waals surface area (Å²) >= 11 is 0. The molecule has 1 aromatic carbocycles. The second-order valence-corrected chi connectivity index (χ2v) is 11.5. The Morgan fingerprint density at radius 1 is 1.24 bits per heavy atom. The molecule has 1 N–H and O–H groups in total. The zero-order valence-electron chi connectivity index (χ0n) is 24.0. The Bertz CT molecular complexity index is 1500. The van der Waals surface area contributed by atoms with Crippen molar-refractivity contribution >= 4 is 28.0 Å². The lowest BCUT2D eigenvalue weighted by Crippen LogP contribution is -2.47. The van der Waals surface area contributed by atoms with E-state index in [4.69, 9.17) is 14.5 Å². The molecule has 1 aliphatic rings. The first-order chi connectivity index (χ1) is 20.2. The summed E-state index contributed by atoms with van der Waals surface area (Å²) in [4.78, 5) is 47.2. The van der Waals surface area contributed by atoms with Crippen LogP contribution in [0.25, 0.3) is 22.4 Å². The van der Waals surface area contributed by atoms with Crippen LogP contribution in [0.3, 0.4) is 0 Å². The van der Waals surface area contributed by atoms with Crippen molar-refractivity contribution in [2.45, 2.75) is 57.3 Å². The largest absolute Gasteiger partial charge is 0.493 e. The first kappa shape index (κ1) is 31.1. The van der Waals surface area contributed by atoms with Crippen molar-refractivity contribution in [3.8, 4) is 17.1 Å². The van der Waals surface area contributed by atoms with Crippen LogP contribution in [0.4, 0.5) is 0 Å². The Hall–Kier alpha value is -3.85. The van der Waals surface area contributed by atoms with Crippen LogP contribution in [0, 0.1) is 16.0 Å². The van der Waals surface area contributed by atoms with Gasteiger partial charge in [0.15, 0.2) is 5.52 Å². The van der Waals surface area contributed by atoms with Crippen molar-refractivity contribution in [3.63, 3.8) is 0 Å². The summed E-state index contributed by atoms with van der Waals surface area (Å²) in [5.74, 6) is 0.778. The number of hydrogen-bond acceptors (Lipinski definition) is 10. The molecular formula is C27H36N6O8S.